The van der Waals surface area contributed by atoms with E-state index >= 15 is 0 Å². The average molecular weight is 710 g/mol. The lowest BCUT2D eigenvalue weighted by Crippen LogP contribution is -2.56. The van der Waals surface area contributed by atoms with E-state index in [1.165, 1.54) is 32.3 Å². The molecule has 1 saturated carbocycles. The summed E-state index contributed by atoms with van der Waals surface area (Å²) >= 11 is 2.65. The molecule has 6 rings (SSSR count). The van der Waals surface area contributed by atoms with Crippen LogP contribution in [0.5, 0.6) is 0 Å². The molecule has 1 aliphatic carbocycles. The van der Waals surface area contributed by atoms with Crippen LogP contribution in [0.25, 0.3) is 21.1 Å². The Morgan fingerprint density at radius 3 is 2.49 bits per heavy atom. The molecular formula is C33H39N7O7S2. The Bertz CT molecular complexity index is 1800. The molecule has 0 bridgehead atoms. The molecule has 2 aliphatic heterocycles. The van der Waals surface area contributed by atoms with Gasteiger partial charge in [-0.3, -0.25) is 14.4 Å². The Balaban J connectivity index is 1.38. The highest BCUT2D eigenvalue weighted by molar-refractivity contribution is 7.14. The summed E-state index contributed by atoms with van der Waals surface area (Å²) in [6.07, 6.45) is 11.2. The number of hydrogen-bond donors (Lipinski definition) is 3. The second-order valence-corrected chi connectivity index (χ2v) is 15.4. The number of aromatic nitrogens is 4. The number of alkyl carbamates (subject to hydrolysis) is 1. The average Bonchev–Trinajstić information content (AvgIpc) is 3.56. The Morgan fingerprint density at radius 1 is 1.08 bits per heavy atom. The second kappa shape index (κ2) is 13.8. The summed E-state index contributed by atoms with van der Waals surface area (Å²) in [6, 6.07) is -2.90. The van der Waals surface area contributed by atoms with E-state index in [0.29, 0.717) is 34.0 Å². The third-order valence-corrected chi connectivity index (χ3v) is 10.6. The number of hydrogen-bond acceptors (Lipinski definition) is 11. The van der Waals surface area contributed by atoms with Crippen LogP contribution in [0.1, 0.15) is 71.8 Å². The van der Waals surface area contributed by atoms with Crippen LogP contribution >= 0.6 is 22.7 Å². The number of nitrogens with zero attached hydrogens (tertiary/aromatic N) is 5. The summed E-state index contributed by atoms with van der Waals surface area (Å²) in [5.41, 5.74) is -1.93. The van der Waals surface area contributed by atoms with Crippen molar-refractivity contribution in [2.75, 3.05) is 6.54 Å². The van der Waals surface area contributed by atoms with Crippen LogP contribution in [-0.4, -0.2) is 83.4 Å². The van der Waals surface area contributed by atoms with Gasteiger partial charge in [0.1, 0.15) is 33.2 Å². The van der Waals surface area contributed by atoms with Crippen LogP contribution < -0.4 is 16.2 Å². The number of carboxylic acids is 1. The van der Waals surface area contributed by atoms with Crippen LogP contribution in [0.3, 0.4) is 0 Å². The third kappa shape index (κ3) is 7.29. The summed E-state index contributed by atoms with van der Waals surface area (Å²) in [6.45, 7) is 5.08. The normalized spacial score (nSPS) is 26.1. The fourth-order valence-electron chi connectivity index (χ4n) is 6.50. The van der Waals surface area contributed by atoms with Crippen molar-refractivity contribution >= 4 is 46.6 Å². The molecule has 0 radical (unpaired) electrons. The van der Waals surface area contributed by atoms with Crippen molar-refractivity contribution in [3.63, 3.8) is 0 Å². The molecule has 5 heterocycles. The number of carbonyl (C=O) groups is 4. The molecule has 260 valence electrons. The predicted molar refractivity (Wildman–Crippen MR) is 182 cm³/mol. The fraction of sp³-hybridized carbons (Fsp3) is 0.515. The largest absolute Gasteiger partial charge is 0.479 e. The lowest BCUT2D eigenvalue weighted by Gasteiger charge is -2.30. The van der Waals surface area contributed by atoms with Crippen LogP contribution in [0, 0.1) is 5.92 Å². The molecule has 3 aromatic heterocycles. The monoisotopic (exact) mass is 709 g/mol. The SMILES string of the molecule is CC(C)(C)OC(=O)N[C@H]1CCCCCC=C[C@@H]2C[C@@]2(C(=O)O)NC(=O)[C@@H]2C[C@@H](n3ncc(-c4nccs4)c(-c4nccs4)c3=O)CN2C1=O. The van der Waals surface area contributed by atoms with Gasteiger partial charge in [0.25, 0.3) is 5.56 Å². The maximum absolute atomic E-state index is 14.4. The van der Waals surface area contributed by atoms with E-state index in [1.54, 1.807) is 50.1 Å². The number of amides is 3. The zero-order valence-electron chi connectivity index (χ0n) is 27.5. The van der Waals surface area contributed by atoms with Gasteiger partial charge in [-0.2, -0.15) is 5.10 Å². The molecule has 1 saturated heterocycles. The summed E-state index contributed by atoms with van der Waals surface area (Å²) in [4.78, 5) is 78.1. The van der Waals surface area contributed by atoms with E-state index in [1.807, 2.05) is 12.2 Å². The highest BCUT2D eigenvalue weighted by Crippen LogP contribution is 2.45. The van der Waals surface area contributed by atoms with E-state index in [2.05, 4.69) is 25.7 Å². The van der Waals surface area contributed by atoms with Gasteiger partial charge in [-0.25, -0.2) is 24.2 Å². The van der Waals surface area contributed by atoms with E-state index in [4.69, 9.17) is 4.74 Å². The van der Waals surface area contributed by atoms with Gasteiger partial charge in [0.15, 0.2) is 0 Å². The summed E-state index contributed by atoms with van der Waals surface area (Å²) < 4.78 is 6.73. The first-order chi connectivity index (χ1) is 23.4. The van der Waals surface area contributed by atoms with Crippen molar-refractivity contribution in [2.24, 2.45) is 5.92 Å². The molecule has 3 amide bonds. The lowest BCUT2D eigenvalue weighted by atomic mass is 10.0. The Morgan fingerprint density at radius 2 is 1.82 bits per heavy atom. The highest BCUT2D eigenvalue weighted by atomic mass is 32.1. The van der Waals surface area contributed by atoms with Gasteiger partial charge >= 0.3 is 12.1 Å². The fourth-order valence-corrected chi connectivity index (χ4v) is 7.85. The molecule has 5 atom stereocenters. The van der Waals surface area contributed by atoms with Crippen molar-refractivity contribution in [1.29, 1.82) is 0 Å². The van der Waals surface area contributed by atoms with Gasteiger partial charge in [-0.05, 0) is 46.5 Å². The van der Waals surface area contributed by atoms with Crippen LogP contribution in [0.4, 0.5) is 4.79 Å². The van der Waals surface area contributed by atoms with Crippen molar-refractivity contribution in [3.05, 3.63) is 51.9 Å². The van der Waals surface area contributed by atoms with E-state index < -0.39 is 58.7 Å². The Labute approximate surface area is 290 Å². The number of fused-ring (bicyclic) bond motifs is 2. The summed E-state index contributed by atoms with van der Waals surface area (Å²) in [5, 5.41) is 24.8. The van der Waals surface area contributed by atoms with Crippen molar-refractivity contribution in [3.8, 4) is 21.1 Å². The van der Waals surface area contributed by atoms with Crippen LogP contribution in [0.15, 0.2) is 46.3 Å². The molecule has 49 heavy (non-hydrogen) atoms. The maximum atomic E-state index is 14.4. The minimum absolute atomic E-state index is 0.00620. The van der Waals surface area contributed by atoms with Crippen molar-refractivity contribution < 1.29 is 29.0 Å². The minimum Gasteiger partial charge on any atom is -0.479 e. The number of allylic oxidation sites excluding steroid dienone is 1. The molecule has 14 nitrogen and oxygen atoms in total. The number of aliphatic carboxylic acids is 1. The van der Waals surface area contributed by atoms with Crippen LogP contribution in [-0.2, 0) is 19.1 Å². The zero-order valence-corrected chi connectivity index (χ0v) is 29.1. The number of nitrogens with one attached hydrogen (secondary N) is 2. The number of rotatable bonds is 5. The second-order valence-electron chi connectivity index (χ2n) is 13.6. The van der Waals surface area contributed by atoms with Gasteiger partial charge in [0.05, 0.1) is 17.8 Å². The lowest BCUT2D eigenvalue weighted by molar-refractivity contribution is -0.145. The number of carbonyl (C=O) groups excluding carboxylic acids is 3. The van der Waals surface area contributed by atoms with Gasteiger partial charge < -0.3 is 25.4 Å². The standard InChI is InChI=1S/C33H39N7O7S2/c1-32(2,3)47-31(46)37-22-10-8-6-4-5-7-9-19-16-33(19,30(44)45)38-25(41)23-15-20(18-39(23)28(22)42)40-29(43)24(27-35-12-14-49-27)21(17-36-40)26-34-11-13-48-26/h7,9,11-14,17,19-20,22-23H,4-6,8,10,15-16,18H2,1-3H3,(H,37,46)(H,38,41)(H,44,45)/t19-,20-,22+,23+,33-/m1/s1. The van der Waals surface area contributed by atoms with Crippen molar-refractivity contribution in [1.82, 2.24) is 35.3 Å². The molecule has 3 N–H and O–H groups in total. The summed E-state index contributed by atoms with van der Waals surface area (Å²) in [5.74, 6) is -2.70. The van der Waals surface area contributed by atoms with Crippen LogP contribution in [0.2, 0.25) is 0 Å². The van der Waals surface area contributed by atoms with E-state index in [0.717, 1.165) is 19.3 Å². The molecule has 0 unspecified atom stereocenters. The number of carboxylic acid groups (broad SMARTS) is 1. The van der Waals surface area contributed by atoms with Gasteiger partial charge in [0.2, 0.25) is 11.8 Å². The predicted octanol–water partition coefficient (Wildman–Crippen LogP) is 4.01. The molecule has 3 aliphatic rings. The first-order valence-corrected chi connectivity index (χ1v) is 18.1. The van der Waals surface area contributed by atoms with Crippen molar-refractivity contribution in [2.45, 2.75) is 95.0 Å². The molecule has 0 spiro atoms. The van der Waals surface area contributed by atoms with E-state index in [-0.39, 0.29) is 25.3 Å². The molecule has 16 heteroatoms. The Hall–Kier alpha value is -4.44. The molecule has 2 fully saturated rings. The highest BCUT2D eigenvalue weighted by Gasteiger charge is 2.61. The first kappa shape index (κ1) is 34.4. The van der Waals surface area contributed by atoms with Gasteiger partial charge in [0, 0.05) is 47.6 Å². The quantitative estimate of drug-likeness (QED) is 0.327. The smallest absolute Gasteiger partial charge is 0.408 e. The molecule has 3 aromatic rings. The topological polar surface area (TPSA) is 186 Å². The summed E-state index contributed by atoms with van der Waals surface area (Å²) in [7, 11) is 0. The Kier molecular flexibility index (Phi) is 9.71. The zero-order chi connectivity index (χ0) is 34.9. The van der Waals surface area contributed by atoms with Gasteiger partial charge in [-0.15, -0.1) is 22.7 Å². The number of ether oxygens (including phenoxy) is 1. The van der Waals surface area contributed by atoms with E-state index in [9.17, 15) is 29.1 Å². The molecule has 0 aromatic carbocycles. The third-order valence-electron chi connectivity index (χ3n) is 8.99. The first-order valence-electron chi connectivity index (χ1n) is 16.3. The minimum atomic E-state index is -1.49. The number of thiazole rings is 2. The van der Waals surface area contributed by atoms with Gasteiger partial charge in [-0.1, -0.05) is 25.0 Å². The maximum Gasteiger partial charge on any atom is 0.408 e. The molecular weight excluding hydrogens is 671 g/mol.